The molecule has 3 aromatic rings. The number of amides is 2. The molecule has 0 atom stereocenters. The van der Waals surface area contributed by atoms with Crippen LogP contribution in [0.15, 0.2) is 64.1 Å². The lowest BCUT2D eigenvalue weighted by molar-refractivity contribution is -0.385. The first kappa shape index (κ1) is 20.6. The minimum Gasteiger partial charge on any atom is -0.467 e. The van der Waals surface area contributed by atoms with Gasteiger partial charge in [0.05, 0.1) is 41.3 Å². The van der Waals surface area contributed by atoms with E-state index in [1.165, 1.54) is 35.1 Å². The van der Waals surface area contributed by atoms with E-state index in [-0.39, 0.29) is 41.9 Å². The summed E-state index contributed by atoms with van der Waals surface area (Å²) in [5, 5.41) is 14.0. The summed E-state index contributed by atoms with van der Waals surface area (Å²) in [7, 11) is 0. The Balaban J connectivity index is 1.59. The third-order valence-electron chi connectivity index (χ3n) is 4.78. The lowest BCUT2D eigenvalue weighted by Gasteiger charge is -2.29. The van der Waals surface area contributed by atoms with E-state index >= 15 is 0 Å². The van der Waals surface area contributed by atoms with E-state index in [0.717, 1.165) is 6.07 Å². The second-order valence-corrected chi connectivity index (χ2v) is 7.72. The van der Waals surface area contributed by atoms with Crippen LogP contribution in [-0.2, 0) is 17.9 Å². The van der Waals surface area contributed by atoms with Crippen LogP contribution in [0.1, 0.15) is 21.7 Å². The maximum Gasteiger partial charge on any atom is 0.277 e. The molecular formula is C21H16FN3O5S. The highest BCUT2D eigenvalue weighted by molar-refractivity contribution is 8.00. The summed E-state index contributed by atoms with van der Waals surface area (Å²) >= 11 is 1.26. The number of nitro benzene ring substituents is 1. The van der Waals surface area contributed by atoms with E-state index in [4.69, 9.17) is 4.42 Å². The molecule has 4 rings (SSSR count). The number of nitro groups is 1. The van der Waals surface area contributed by atoms with Crippen molar-refractivity contribution < 1.29 is 23.3 Å². The lowest BCUT2D eigenvalue weighted by atomic mass is 10.1. The largest absolute Gasteiger partial charge is 0.467 e. The zero-order chi connectivity index (χ0) is 22.0. The molecule has 0 radical (unpaired) electrons. The van der Waals surface area contributed by atoms with Crippen molar-refractivity contribution in [3.05, 3.63) is 87.6 Å². The summed E-state index contributed by atoms with van der Waals surface area (Å²) in [5.74, 6) is -0.676. The zero-order valence-electron chi connectivity index (χ0n) is 16.0. The number of rotatable bonds is 6. The number of carbonyl (C=O) groups is 2. The Labute approximate surface area is 180 Å². The summed E-state index contributed by atoms with van der Waals surface area (Å²) in [6, 6.07) is 11.8. The van der Waals surface area contributed by atoms with Crippen molar-refractivity contribution >= 4 is 35.0 Å². The van der Waals surface area contributed by atoms with E-state index in [2.05, 4.69) is 5.32 Å². The molecule has 0 saturated carbocycles. The van der Waals surface area contributed by atoms with Gasteiger partial charge in [-0.3, -0.25) is 19.7 Å². The van der Waals surface area contributed by atoms with Crippen LogP contribution in [0.25, 0.3) is 0 Å². The lowest BCUT2D eigenvalue weighted by Crippen LogP contribution is -2.35. The van der Waals surface area contributed by atoms with Crippen LogP contribution < -0.4 is 10.2 Å². The standard InChI is InChI=1S/C21H16FN3O5S/c22-16-4-1-5-17(25(28)29)15(16)11-24-18-7-6-13(9-19(18)31-12-20(24)26)21(27)23-10-14-3-2-8-30-14/h1-9H,10-12H2,(H,23,27). The van der Waals surface area contributed by atoms with Crippen LogP contribution >= 0.6 is 11.8 Å². The van der Waals surface area contributed by atoms with Crippen LogP contribution in [0, 0.1) is 15.9 Å². The number of thioether (sulfide) groups is 1. The molecule has 0 bridgehead atoms. The Kier molecular flexibility index (Phi) is 5.72. The summed E-state index contributed by atoms with van der Waals surface area (Å²) in [4.78, 5) is 37.6. The molecule has 0 fully saturated rings. The van der Waals surface area contributed by atoms with Crippen LogP contribution in [0.2, 0.25) is 0 Å². The van der Waals surface area contributed by atoms with Crippen molar-refractivity contribution in [2.24, 2.45) is 0 Å². The Morgan fingerprint density at radius 1 is 1.26 bits per heavy atom. The quantitative estimate of drug-likeness (QED) is 0.459. The molecule has 1 aliphatic rings. The van der Waals surface area contributed by atoms with Gasteiger partial charge in [0.1, 0.15) is 11.6 Å². The number of anilines is 1. The Hall–Kier alpha value is -3.66. The molecule has 10 heteroatoms. The fourth-order valence-electron chi connectivity index (χ4n) is 3.23. The van der Waals surface area contributed by atoms with Gasteiger partial charge in [0.25, 0.3) is 11.6 Å². The number of furan rings is 1. The van der Waals surface area contributed by atoms with E-state index in [1.54, 1.807) is 30.3 Å². The Bertz CT molecular complexity index is 1170. The molecule has 0 spiro atoms. The zero-order valence-corrected chi connectivity index (χ0v) is 16.9. The predicted octanol–water partition coefficient (Wildman–Crippen LogP) is 3.90. The third kappa shape index (κ3) is 4.29. The van der Waals surface area contributed by atoms with Crippen LogP contribution in [0.5, 0.6) is 0 Å². The van der Waals surface area contributed by atoms with E-state index in [1.807, 2.05) is 0 Å². The van der Waals surface area contributed by atoms with Gasteiger partial charge in [-0.2, -0.15) is 0 Å². The first-order valence-corrected chi connectivity index (χ1v) is 10.2. The molecule has 1 N–H and O–H groups in total. The first-order valence-electron chi connectivity index (χ1n) is 9.23. The predicted molar refractivity (Wildman–Crippen MR) is 111 cm³/mol. The van der Waals surface area contributed by atoms with E-state index in [9.17, 15) is 24.1 Å². The number of hydrogen-bond acceptors (Lipinski definition) is 6. The summed E-state index contributed by atoms with van der Waals surface area (Å²) in [6.45, 7) is -0.0446. The first-order chi connectivity index (χ1) is 14.9. The number of carbonyl (C=O) groups excluding carboxylic acids is 2. The second-order valence-electron chi connectivity index (χ2n) is 6.71. The fourth-order valence-corrected chi connectivity index (χ4v) is 4.21. The van der Waals surface area contributed by atoms with Gasteiger partial charge in [0, 0.05) is 16.5 Å². The van der Waals surface area contributed by atoms with Gasteiger partial charge in [-0.05, 0) is 36.4 Å². The van der Waals surface area contributed by atoms with Crippen LogP contribution in [0.3, 0.4) is 0 Å². The van der Waals surface area contributed by atoms with Gasteiger partial charge in [-0.25, -0.2) is 4.39 Å². The Morgan fingerprint density at radius 3 is 2.84 bits per heavy atom. The third-order valence-corrected chi connectivity index (χ3v) is 5.80. The fraction of sp³-hybridized carbons (Fsp3) is 0.143. The second kappa shape index (κ2) is 8.60. The van der Waals surface area contributed by atoms with Crippen molar-refractivity contribution in [2.75, 3.05) is 10.7 Å². The maximum absolute atomic E-state index is 14.3. The molecule has 31 heavy (non-hydrogen) atoms. The molecule has 1 aliphatic heterocycles. The minimum atomic E-state index is -0.754. The maximum atomic E-state index is 14.3. The van der Waals surface area contributed by atoms with Gasteiger partial charge < -0.3 is 14.6 Å². The molecule has 2 heterocycles. The van der Waals surface area contributed by atoms with Gasteiger partial charge in [-0.15, -0.1) is 11.8 Å². The average molecular weight is 441 g/mol. The van der Waals surface area contributed by atoms with E-state index in [0.29, 0.717) is 21.9 Å². The highest BCUT2D eigenvalue weighted by atomic mass is 32.2. The van der Waals surface area contributed by atoms with Gasteiger partial charge in [0.2, 0.25) is 5.91 Å². The minimum absolute atomic E-state index is 0.0761. The summed E-state index contributed by atoms with van der Waals surface area (Å²) in [5.41, 5.74) is 0.311. The number of nitrogens with zero attached hydrogens (tertiary/aromatic N) is 2. The SMILES string of the molecule is O=C(NCc1ccco1)c1ccc2c(c1)SCC(=O)N2Cc1c(F)cccc1[N+](=O)[O-]. The number of benzene rings is 2. The molecule has 1 aromatic heterocycles. The van der Waals surface area contributed by atoms with Crippen molar-refractivity contribution in [1.82, 2.24) is 5.32 Å². The van der Waals surface area contributed by atoms with Crippen molar-refractivity contribution in [2.45, 2.75) is 18.0 Å². The number of fused-ring (bicyclic) bond motifs is 1. The highest BCUT2D eigenvalue weighted by Crippen LogP contribution is 2.38. The summed E-state index contributed by atoms with van der Waals surface area (Å²) < 4.78 is 19.5. The summed E-state index contributed by atoms with van der Waals surface area (Å²) in [6.07, 6.45) is 1.52. The van der Waals surface area contributed by atoms with Gasteiger partial charge >= 0.3 is 0 Å². The average Bonchev–Trinajstić information content (AvgIpc) is 3.28. The molecular weight excluding hydrogens is 425 g/mol. The molecule has 2 aromatic carbocycles. The van der Waals surface area contributed by atoms with Crippen LogP contribution in [0.4, 0.5) is 15.8 Å². The number of hydrogen-bond donors (Lipinski definition) is 1. The van der Waals surface area contributed by atoms with Gasteiger partial charge in [-0.1, -0.05) is 6.07 Å². The highest BCUT2D eigenvalue weighted by Gasteiger charge is 2.29. The smallest absolute Gasteiger partial charge is 0.277 e. The molecule has 0 aliphatic carbocycles. The molecule has 2 amide bonds. The molecule has 0 unspecified atom stereocenters. The van der Waals surface area contributed by atoms with Crippen molar-refractivity contribution in [3.8, 4) is 0 Å². The normalized spacial score (nSPS) is 13.1. The number of nitrogens with one attached hydrogen (secondary N) is 1. The molecule has 158 valence electrons. The molecule has 0 saturated heterocycles. The van der Waals surface area contributed by atoms with Gasteiger partial charge in [0.15, 0.2) is 0 Å². The van der Waals surface area contributed by atoms with Crippen LogP contribution in [-0.4, -0.2) is 22.5 Å². The molecule has 8 nitrogen and oxygen atoms in total. The van der Waals surface area contributed by atoms with E-state index < -0.39 is 10.7 Å². The van der Waals surface area contributed by atoms with Crippen molar-refractivity contribution in [3.63, 3.8) is 0 Å². The monoisotopic (exact) mass is 441 g/mol. The topological polar surface area (TPSA) is 106 Å². The number of halogens is 1. The van der Waals surface area contributed by atoms with Crippen molar-refractivity contribution in [1.29, 1.82) is 0 Å². The Morgan fingerprint density at radius 2 is 2.10 bits per heavy atom.